The molecule has 3 rings (SSSR count). The highest BCUT2D eigenvalue weighted by atomic mass is 16.2. The van der Waals surface area contributed by atoms with Crippen molar-refractivity contribution < 1.29 is 0 Å². The number of imidazole rings is 1. The third-order valence-electron chi connectivity index (χ3n) is 3.58. The number of H-pyrrole nitrogens is 1. The molecule has 0 atom stereocenters. The van der Waals surface area contributed by atoms with Crippen molar-refractivity contribution in [1.29, 1.82) is 0 Å². The first-order valence-electron chi connectivity index (χ1n) is 6.85. The van der Waals surface area contributed by atoms with Crippen LogP contribution in [-0.4, -0.2) is 19.1 Å². The van der Waals surface area contributed by atoms with Crippen LogP contribution in [0.15, 0.2) is 39.9 Å². The van der Waals surface area contributed by atoms with Gasteiger partial charge in [0.2, 0.25) is 0 Å². The maximum atomic E-state index is 12.3. The Kier molecular flexibility index (Phi) is 3.21. The van der Waals surface area contributed by atoms with Crippen LogP contribution in [0, 0.1) is 6.92 Å². The van der Waals surface area contributed by atoms with E-state index in [0.29, 0.717) is 30.1 Å². The van der Waals surface area contributed by atoms with Crippen LogP contribution < -0.4 is 11.2 Å². The van der Waals surface area contributed by atoms with Gasteiger partial charge in [-0.25, -0.2) is 9.78 Å². The van der Waals surface area contributed by atoms with E-state index in [0.717, 1.165) is 10.1 Å². The van der Waals surface area contributed by atoms with Gasteiger partial charge in [0.15, 0.2) is 5.52 Å². The quantitative estimate of drug-likeness (QED) is 0.787. The van der Waals surface area contributed by atoms with Gasteiger partial charge in [0.05, 0.1) is 6.54 Å². The fourth-order valence-electron chi connectivity index (χ4n) is 2.48. The number of aromatic amines is 1. The first-order valence-corrected chi connectivity index (χ1v) is 6.85. The summed E-state index contributed by atoms with van der Waals surface area (Å²) in [4.78, 5) is 31.3. The molecule has 1 N–H and O–H groups in total. The van der Waals surface area contributed by atoms with E-state index in [1.807, 2.05) is 41.8 Å². The Morgan fingerprint density at radius 2 is 1.86 bits per heavy atom. The molecule has 2 aromatic heterocycles. The number of hydrogen-bond donors (Lipinski definition) is 1. The Hall–Kier alpha value is -2.63. The Morgan fingerprint density at radius 1 is 1.14 bits per heavy atom. The molecule has 0 radical (unpaired) electrons. The van der Waals surface area contributed by atoms with E-state index in [-0.39, 0.29) is 5.56 Å². The van der Waals surface area contributed by atoms with Crippen molar-refractivity contribution in [3.8, 4) is 0 Å². The molecule has 21 heavy (non-hydrogen) atoms. The number of benzene rings is 1. The predicted molar refractivity (Wildman–Crippen MR) is 80.6 cm³/mol. The third-order valence-corrected chi connectivity index (χ3v) is 3.58. The molecular weight excluding hydrogens is 268 g/mol. The number of nitrogens with zero attached hydrogens (tertiary/aromatic N) is 3. The van der Waals surface area contributed by atoms with Crippen LogP contribution in [-0.2, 0) is 13.1 Å². The molecule has 1 aromatic carbocycles. The molecule has 0 aliphatic rings. The molecule has 0 aliphatic carbocycles. The van der Waals surface area contributed by atoms with Gasteiger partial charge >= 0.3 is 5.69 Å². The van der Waals surface area contributed by atoms with Gasteiger partial charge < -0.3 is 4.57 Å². The highest BCUT2D eigenvalue weighted by molar-refractivity contribution is 5.70. The zero-order valence-electron chi connectivity index (χ0n) is 12.0. The molecule has 6 nitrogen and oxygen atoms in total. The number of fused-ring (bicyclic) bond motifs is 1. The molecule has 0 bridgehead atoms. The van der Waals surface area contributed by atoms with Crippen molar-refractivity contribution in [3.05, 3.63) is 62.6 Å². The standard InChI is InChI=1S/C15H16N4O2/c1-3-18-14(20)12-13(17-15(18)21)19(10(2)16-12)9-11-7-5-4-6-8-11/h4-8H,3,9H2,1-2H3,(H,17,21). The van der Waals surface area contributed by atoms with Crippen molar-refractivity contribution in [2.45, 2.75) is 26.9 Å². The second kappa shape index (κ2) is 5.05. The second-order valence-corrected chi connectivity index (χ2v) is 4.91. The zero-order chi connectivity index (χ0) is 15.0. The molecule has 2 heterocycles. The van der Waals surface area contributed by atoms with E-state index in [2.05, 4.69) is 9.97 Å². The number of rotatable bonds is 3. The van der Waals surface area contributed by atoms with Crippen molar-refractivity contribution in [1.82, 2.24) is 19.1 Å². The van der Waals surface area contributed by atoms with E-state index in [1.54, 1.807) is 6.92 Å². The topological polar surface area (TPSA) is 72.7 Å². The summed E-state index contributed by atoms with van der Waals surface area (Å²) in [5.41, 5.74) is 1.14. The summed E-state index contributed by atoms with van der Waals surface area (Å²) in [7, 11) is 0. The van der Waals surface area contributed by atoms with E-state index in [9.17, 15) is 9.59 Å². The second-order valence-electron chi connectivity index (χ2n) is 4.91. The minimum absolute atomic E-state index is 0.310. The minimum Gasteiger partial charge on any atom is -0.310 e. The summed E-state index contributed by atoms with van der Waals surface area (Å²) in [5, 5.41) is 0. The summed E-state index contributed by atoms with van der Waals surface area (Å²) in [6.45, 7) is 4.48. The van der Waals surface area contributed by atoms with Gasteiger partial charge in [-0.15, -0.1) is 0 Å². The molecule has 0 spiro atoms. The van der Waals surface area contributed by atoms with E-state index in [4.69, 9.17) is 0 Å². The lowest BCUT2D eigenvalue weighted by Crippen LogP contribution is -2.34. The van der Waals surface area contributed by atoms with Crippen LogP contribution in [0.3, 0.4) is 0 Å². The summed E-state index contributed by atoms with van der Waals surface area (Å²) >= 11 is 0. The maximum absolute atomic E-state index is 12.3. The summed E-state index contributed by atoms with van der Waals surface area (Å²) in [5.74, 6) is 0.704. The van der Waals surface area contributed by atoms with Crippen molar-refractivity contribution in [3.63, 3.8) is 0 Å². The van der Waals surface area contributed by atoms with Crippen LogP contribution >= 0.6 is 0 Å². The van der Waals surface area contributed by atoms with Crippen molar-refractivity contribution >= 4 is 11.2 Å². The lowest BCUT2D eigenvalue weighted by molar-refractivity contribution is 0.678. The van der Waals surface area contributed by atoms with E-state index >= 15 is 0 Å². The van der Waals surface area contributed by atoms with Crippen molar-refractivity contribution in [2.24, 2.45) is 0 Å². The Balaban J connectivity index is 2.23. The third kappa shape index (κ3) is 2.18. The number of nitrogens with one attached hydrogen (secondary N) is 1. The highest BCUT2D eigenvalue weighted by Crippen LogP contribution is 2.12. The van der Waals surface area contributed by atoms with Gasteiger partial charge in [-0.05, 0) is 19.4 Å². The fraction of sp³-hybridized carbons (Fsp3) is 0.267. The Labute approximate surface area is 120 Å². The van der Waals surface area contributed by atoms with Crippen LogP contribution in [0.5, 0.6) is 0 Å². The van der Waals surface area contributed by atoms with Gasteiger partial charge in [0.25, 0.3) is 5.56 Å². The lowest BCUT2D eigenvalue weighted by atomic mass is 10.2. The molecule has 0 unspecified atom stereocenters. The van der Waals surface area contributed by atoms with Gasteiger partial charge in [0.1, 0.15) is 11.5 Å². The van der Waals surface area contributed by atoms with Crippen LogP contribution in [0.4, 0.5) is 0 Å². The monoisotopic (exact) mass is 284 g/mol. The molecule has 108 valence electrons. The Bertz CT molecular complexity index is 903. The maximum Gasteiger partial charge on any atom is 0.330 e. The molecule has 0 fully saturated rings. The first kappa shape index (κ1) is 13.4. The molecule has 6 heteroatoms. The predicted octanol–water partition coefficient (Wildman–Crippen LogP) is 1.26. The molecular formula is C15H16N4O2. The van der Waals surface area contributed by atoms with Crippen molar-refractivity contribution in [2.75, 3.05) is 0 Å². The zero-order valence-corrected chi connectivity index (χ0v) is 12.0. The Morgan fingerprint density at radius 3 is 2.52 bits per heavy atom. The molecule has 0 amide bonds. The van der Waals surface area contributed by atoms with Gasteiger partial charge in [0, 0.05) is 6.54 Å². The van der Waals surface area contributed by atoms with Crippen LogP contribution in [0.2, 0.25) is 0 Å². The number of hydrogen-bond acceptors (Lipinski definition) is 3. The SMILES string of the molecule is CCn1c(=O)[nH]c2c(nc(C)n2Cc2ccccc2)c1=O. The van der Waals surface area contributed by atoms with Gasteiger partial charge in [-0.3, -0.25) is 14.3 Å². The van der Waals surface area contributed by atoms with Gasteiger partial charge in [-0.2, -0.15) is 0 Å². The molecule has 0 saturated carbocycles. The summed E-state index contributed by atoms with van der Waals surface area (Å²) in [6.07, 6.45) is 0. The summed E-state index contributed by atoms with van der Waals surface area (Å²) in [6, 6.07) is 9.85. The van der Waals surface area contributed by atoms with E-state index in [1.165, 1.54) is 0 Å². The number of aryl methyl sites for hydroxylation is 1. The average molecular weight is 284 g/mol. The van der Waals surface area contributed by atoms with Crippen LogP contribution in [0.25, 0.3) is 11.2 Å². The fourth-order valence-corrected chi connectivity index (χ4v) is 2.48. The summed E-state index contributed by atoms with van der Waals surface area (Å²) < 4.78 is 3.01. The first-order chi connectivity index (χ1) is 10.1. The average Bonchev–Trinajstić information content (AvgIpc) is 2.78. The molecule has 0 saturated heterocycles. The number of aromatic nitrogens is 4. The van der Waals surface area contributed by atoms with E-state index < -0.39 is 5.69 Å². The molecule has 0 aliphatic heterocycles. The van der Waals surface area contributed by atoms with Gasteiger partial charge in [-0.1, -0.05) is 30.3 Å². The molecule has 3 aromatic rings. The van der Waals surface area contributed by atoms with Crippen LogP contribution in [0.1, 0.15) is 18.3 Å². The minimum atomic E-state index is -0.399. The lowest BCUT2D eigenvalue weighted by Gasteiger charge is -2.07. The largest absolute Gasteiger partial charge is 0.330 e. The normalized spacial score (nSPS) is 11.1. The smallest absolute Gasteiger partial charge is 0.310 e. The highest BCUT2D eigenvalue weighted by Gasteiger charge is 2.14.